The van der Waals surface area contributed by atoms with Crippen molar-refractivity contribution in [3.63, 3.8) is 0 Å². The van der Waals surface area contributed by atoms with Gasteiger partial charge in [-0.1, -0.05) is 35.9 Å². The van der Waals surface area contributed by atoms with Crippen molar-refractivity contribution in [2.75, 3.05) is 0 Å². The Kier molecular flexibility index (Phi) is 5.08. The first-order valence-electron chi connectivity index (χ1n) is 6.17. The van der Waals surface area contributed by atoms with Crippen molar-refractivity contribution in [1.29, 1.82) is 0 Å². The average Bonchev–Trinajstić information content (AvgIpc) is 2.30. The standard InChI is InChI=1S/C9H12.C8H9F/c1-7-4-5-8(2)9(3)6-7;1-6-3-4-7(2)8(9)5-6/h4-6H,1-3H3;3-5H,1-2H3. The third kappa shape index (κ3) is 4.33. The second kappa shape index (κ2) is 6.34. The fourth-order valence-electron chi connectivity index (χ4n) is 1.59. The minimum atomic E-state index is -0.116. The summed E-state index contributed by atoms with van der Waals surface area (Å²) >= 11 is 0. The SMILES string of the molecule is Cc1ccc(C)c(C)c1.Cc1ccc(C)c(F)c1. The van der Waals surface area contributed by atoms with Gasteiger partial charge >= 0.3 is 0 Å². The Balaban J connectivity index is 0.000000180. The summed E-state index contributed by atoms with van der Waals surface area (Å²) in [6.07, 6.45) is 0. The first kappa shape index (κ1) is 14.4. The van der Waals surface area contributed by atoms with E-state index in [1.54, 1.807) is 13.0 Å². The average molecular weight is 244 g/mol. The van der Waals surface area contributed by atoms with Crippen LogP contribution in [0.3, 0.4) is 0 Å². The highest BCUT2D eigenvalue weighted by Crippen LogP contribution is 2.08. The summed E-state index contributed by atoms with van der Waals surface area (Å²) in [6.45, 7) is 10.0. The van der Waals surface area contributed by atoms with Gasteiger partial charge in [0, 0.05) is 0 Å². The molecule has 0 fully saturated rings. The minimum absolute atomic E-state index is 0.116. The highest BCUT2D eigenvalue weighted by Gasteiger charge is 1.93. The van der Waals surface area contributed by atoms with Crippen LogP contribution in [-0.4, -0.2) is 0 Å². The molecular formula is C17H21F. The fraction of sp³-hybridized carbons (Fsp3) is 0.294. The van der Waals surface area contributed by atoms with Crippen LogP contribution in [0.25, 0.3) is 0 Å². The molecule has 0 atom stereocenters. The first-order chi connectivity index (χ1) is 8.40. The summed E-state index contributed by atoms with van der Waals surface area (Å²) < 4.78 is 12.6. The molecule has 0 amide bonds. The summed E-state index contributed by atoms with van der Waals surface area (Å²) in [5.74, 6) is -0.116. The number of rotatable bonds is 0. The normalized spacial score (nSPS) is 9.67. The summed E-state index contributed by atoms with van der Waals surface area (Å²) in [5, 5.41) is 0. The topological polar surface area (TPSA) is 0 Å². The van der Waals surface area contributed by atoms with E-state index in [1.165, 1.54) is 22.8 Å². The van der Waals surface area contributed by atoms with Crippen molar-refractivity contribution in [1.82, 2.24) is 0 Å². The highest BCUT2D eigenvalue weighted by molar-refractivity contribution is 5.28. The second-order valence-corrected chi connectivity index (χ2v) is 4.84. The molecule has 0 saturated heterocycles. The smallest absolute Gasteiger partial charge is 0.126 e. The van der Waals surface area contributed by atoms with Crippen LogP contribution in [0.5, 0.6) is 0 Å². The molecule has 0 radical (unpaired) electrons. The molecule has 0 N–H and O–H groups in total. The molecule has 0 unspecified atom stereocenters. The molecule has 0 saturated carbocycles. The lowest BCUT2D eigenvalue weighted by Crippen LogP contribution is -1.81. The van der Waals surface area contributed by atoms with Crippen molar-refractivity contribution in [2.24, 2.45) is 0 Å². The Morgan fingerprint density at radius 2 is 1.11 bits per heavy atom. The van der Waals surface area contributed by atoms with E-state index >= 15 is 0 Å². The molecular weight excluding hydrogens is 223 g/mol. The summed E-state index contributed by atoms with van der Waals surface area (Å²) in [6, 6.07) is 11.7. The maximum absolute atomic E-state index is 12.6. The summed E-state index contributed by atoms with van der Waals surface area (Å²) in [5.41, 5.74) is 5.78. The molecule has 2 aromatic rings. The van der Waals surface area contributed by atoms with Crippen molar-refractivity contribution in [3.05, 3.63) is 70.0 Å². The third-order valence-corrected chi connectivity index (χ3v) is 2.99. The quantitative estimate of drug-likeness (QED) is 0.608. The van der Waals surface area contributed by atoms with E-state index < -0.39 is 0 Å². The lowest BCUT2D eigenvalue weighted by Gasteiger charge is -1.98. The number of aryl methyl sites for hydroxylation is 5. The van der Waals surface area contributed by atoms with Gasteiger partial charge in [0.2, 0.25) is 0 Å². The van der Waals surface area contributed by atoms with E-state index in [0.29, 0.717) is 5.56 Å². The van der Waals surface area contributed by atoms with Gasteiger partial charge in [-0.2, -0.15) is 0 Å². The van der Waals surface area contributed by atoms with E-state index in [4.69, 9.17) is 0 Å². The van der Waals surface area contributed by atoms with E-state index in [0.717, 1.165) is 5.56 Å². The Hall–Kier alpha value is -1.63. The van der Waals surface area contributed by atoms with Crippen molar-refractivity contribution in [3.8, 4) is 0 Å². The predicted molar refractivity (Wildman–Crippen MR) is 76.5 cm³/mol. The highest BCUT2D eigenvalue weighted by atomic mass is 19.1. The molecule has 0 bridgehead atoms. The zero-order valence-electron chi connectivity index (χ0n) is 11.8. The summed E-state index contributed by atoms with van der Waals surface area (Å²) in [4.78, 5) is 0. The van der Waals surface area contributed by atoms with E-state index in [1.807, 2.05) is 13.0 Å². The number of benzene rings is 2. The molecule has 0 aliphatic heterocycles. The van der Waals surface area contributed by atoms with E-state index in [-0.39, 0.29) is 5.82 Å². The zero-order valence-corrected chi connectivity index (χ0v) is 11.8. The minimum Gasteiger partial charge on any atom is -0.207 e. The fourth-order valence-corrected chi connectivity index (χ4v) is 1.59. The first-order valence-corrected chi connectivity index (χ1v) is 6.17. The maximum Gasteiger partial charge on any atom is 0.126 e. The number of hydrogen-bond acceptors (Lipinski definition) is 0. The molecule has 0 heterocycles. The monoisotopic (exact) mass is 244 g/mol. The lowest BCUT2D eigenvalue weighted by atomic mass is 10.1. The molecule has 96 valence electrons. The molecule has 18 heavy (non-hydrogen) atoms. The van der Waals surface area contributed by atoms with Gasteiger partial charge in [-0.15, -0.1) is 0 Å². The van der Waals surface area contributed by atoms with Crippen molar-refractivity contribution < 1.29 is 4.39 Å². The maximum atomic E-state index is 12.6. The zero-order chi connectivity index (χ0) is 13.7. The molecule has 0 spiro atoms. The number of hydrogen-bond donors (Lipinski definition) is 0. The third-order valence-electron chi connectivity index (χ3n) is 2.99. The van der Waals surface area contributed by atoms with Crippen LogP contribution in [0.15, 0.2) is 36.4 Å². The van der Waals surface area contributed by atoms with Gasteiger partial charge in [-0.05, 0) is 62.9 Å². The Morgan fingerprint density at radius 3 is 1.50 bits per heavy atom. The molecule has 2 rings (SSSR count). The van der Waals surface area contributed by atoms with Crippen LogP contribution in [0.1, 0.15) is 27.8 Å². The summed E-state index contributed by atoms with van der Waals surface area (Å²) in [7, 11) is 0. The van der Waals surface area contributed by atoms with Crippen LogP contribution in [0.4, 0.5) is 4.39 Å². The second-order valence-electron chi connectivity index (χ2n) is 4.84. The largest absolute Gasteiger partial charge is 0.207 e. The molecule has 0 nitrogen and oxygen atoms in total. The van der Waals surface area contributed by atoms with Gasteiger partial charge in [0.1, 0.15) is 5.82 Å². The van der Waals surface area contributed by atoms with Crippen LogP contribution in [0.2, 0.25) is 0 Å². The molecule has 0 aromatic heterocycles. The molecule has 2 aromatic carbocycles. The van der Waals surface area contributed by atoms with Gasteiger partial charge in [-0.25, -0.2) is 4.39 Å². The van der Waals surface area contributed by atoms with Gasteiger partial charge in [0.05, 0.1) is 0 Å². The van der Waals surface area contributed by atoms with Crippen LogP contribution in [-0.2, 0) is 0 Å². The molecule has 0 aliphatic rings. The molecule has 1 heteroatoms. The van der Waals surface area contributed by atoms with Crippen molar-refractivity contribution >= 4 is 0 Å². The Labute approximate surface area is 109 Å². The van der Waals surface area contributed by atoms with Gasteiger partial charge in [0.25, 0.3) is 0 Å². The lowest BCUT2D eigenvalue weighted by molar-refractivity contribution is 0.617. The predicted octanol–water partition coefficient (Wildman–Crippen LogP) is 5.05. The van der Waals surface area contributed by atoms with Gasteiger partial charge in [-0.3, -0.25) is 0 Å². The number of halogens is 1. The van der Waals surface area contributed by atoms with Crippen molar-refractivity contribution in [2.45, 2.75) is 34.6 Å². The van der Waals surface area contributed by atoms with Crippen LogP contribution >= 0.6 is 0 Å². The molecule has 0 aliphatic carbocycles. The van der Waals surface area contributed by atoms with Crippen LogP contribution < -0.4 is 0 Å². The Bertz CT molecular complexity index is 478. The van der Waals surface area contributed by atoms with E-state index in [9.17, 15) is 4.39 Å². The van der Waals surface area contributed by atoms with Gasteiger partial charge in [0.15, 0.2) is 0 Å². The van der Waals surface area contributed by atoms with E-state index in [2.05, 4.69) is 39.0 Å². The Morgan fingerprint density at radius 1 is 0.611 bits per heavy atom. The van der Waals surface area contributed by atoms with Gasteiger partial charge < -0.3 is 0 Å². The van der Waals surface area contributed by atoms with Crippen LogP contribution in [0, 0.1) is 40.4 Å².